The Hall–Kier alpha value is -0.260. The maximum atomic E-state index is 11.1. The van der Waals surface area contributed by atoms with Crippen molar-refractivity contribution in [2.75, 3.05) is 12.8 Å². The number of hydrogen-bond acceptors (Lipinski definition) is 4. The zero-order valence-electron chi connectivity index (χ0n) is 8.69. The third-order valence-electron chi connectivity index (χ3n) is 2.16. The molecule has 1 aromatic rings. The van der Waals surface area contributed by atoms with E-state index in [1.807, 2.05) is 18.6 Å². The number of nitrogens with zero attached hydrogens (tertiary/aromatic N) is 1. The predicted octanol–water partition coefficient (Wildman–Crippen LogP) is 1.56. The van der Waals surface area contributed by atoms with E-state index >= 15 is 0 Å². The highest BCUT2D eigenvalue weighted by Crippen LogP contribution is 2.15. The van der Waals surface area contributed by atoms with Gasteiger partial charge in [-0.1, -0.05) is 0 Å². The number of hydrogen-bond donors (Lipinski definition) is 1. The van der Waals surface area contributed by atoms with Gasteiger partial charge in [0.05, 0.1) is 5.51 Å². The van der Waals surface area contributed by atoms with Crippen molar-refractivity contribution in [3.63, 3.8) is 0 Å². The Morgan fingerprint density at radius 3 is 2.86 bits per heavy atom. The van der Waals surface area contributed by atoms with Crippen molar-refractivity contribution in [2.45, 2.75) is 25.1 Å². The SMILES string of the molecule is CC(NCC(C)S(C)=O)c1cncs1. The van der Waals surface area contributed by atoms with Crippen molar-refractivity contribution in [3.05, 3.63) is 16.6 Å². The van der Waals surface area contributed by atoms with Crippen LogP contribution in [0.3, 0.4) is 0 Å². The minimum atomic E-state index is -0.748. The first-order valence-electron chi connectivity index (χ1n) is 4.55. The molecule has 0 spiro atoms. The van der Waals surface area contributed by atoms with Crippen LogP contribution >= 0.6 is 11.3 Å². The van der Waals surface area contributed by atoms with Crippen LogP contribution in [0.15, 0.2) is 11.7 Å². The lowest BCUT2D eigenvalue weighted by Crippen LogP contribution is -2.29. The first-order chi connectivity index (χ1) is 6.61. The molecule has 0 saturated heterocycles. The molecule has 5 heteroatoms. The summed E-state index contributed by atoms with van der Waals surface area (Å²) in [5, 5.41) is 3.54. The number of nitrogens with one attached hydrogen (secondary N) is 1. The Morgan fingerprint density at radius 2 is 2.36 bits per heavy atom. The summed E-state index contributed by atoms with van der Waals surface area (Å²) >= 11 is 1.64. The van der Waals surface area contributed by atoms with E-state index in [9.17, 15) is 4.21 Å². The Morgan fingerprint density at radius 1 is 1.64 bits per heavy atom. The number of aromatic nitrogens is 1. The summed E-state index contributed by atoms with van der Waals surface area (Å²) < 4.78 is 11.1. The van der Waals surface area contributed by atoms with E-state index in [-0.39, 0.29) is 5.25 Å². The van der Waals surface area contributed by atoms with Crippen LogP contribution in [0.2, 0.25) is 0 Å². The molecule has 0 radical (unpaired) electrons. The Labute approximate surface area is 91.4 Å². The van der Waals surface area contributed by atoms with Crippen LogP contribution in [-0.2, 0) is 10.8 Å². The predicted molar refractivity (Wildman–Crippen MR) is 62.1 cm³/mol. The molecule has 80 valence electrons. The van der Waals surface area contributed by atoms with Crippen LogP contribution < -0.4 is 5.32 Å². The van der Waals surface area contributed by atoms with Gasteiger partial charge in [0.2, 0.25) is 0 Å². The second-order valence-corrected chi connectivity index (χ2v) is 6.06. The molecule has 1 N–H and O–H groups in total. The summed E-state index contributed by atoms with van der Waals surface area (Å²) in [5.41, 5.74) is 1.83. The summed E-state index contributed by atoms with van der Waals surface area (Å²) in [6.07, 6.45) is 3.61. The lowest BCUT2D eigenvalue weighted by atomic mass is 10.3. The van der Waals surface area contributed by atoms with Gasteiger partial charge in [0.1, 0.15) is 0 Å². The van der Waals surface area contributed by atoms with Gasteiger partial charge in [-0.05, 0) is 13.8 Å². The first kappa shape index (κ1) is 11.8. The lowest BCUT2D eigenvalue weighted by molar-refractivity contribution is 0.575. The Balaban J connectivity index is 2.35. The molecule has 3 nitrogen and oxygen atoms in total. The van der Waals surface area contributed by atoms with E-state index in [0.717, 1.165) is 6.54 Å². The number of rotatable bonds is 5. The van der Waals surface area contributed by atoms with Gasteiger partial charge in [-0.3, -0.25) is 9.19 Å². The van der Waals surface area contributed by atoms with Crippen LogP contribution in [-0.4, -0.2) is 27.2 Å². The van der Waals surface area contributed by atoms with Crippen LogP contribution in [0.5, 0.6) is 0 Å². The zero-order chi connectivity index (χ0) is 10.6. The molecule has 0 aliphatic heterocycles. The van der Waals surface area contributed by atoms with Gasteiger partial charge in [0.25, 0.3) is 0 Å². The zero-order valence-corrected chi connectivity index (χ0v) is 10.3. The van der Waals surface area contributed by atoms with Gasteiger partial charge in [0, 0.05) is 46.0 Å². The highest BCUT2D eigenvalue weighted by molar-refractivity contribution is 7.84. The fraction of sp³-hybridized carbons (Fsp3) is 0.667. The second-order valence-electron chi connectivity index (χ2n) is 3.34. The van der Waals surface area contributed by atoms with Crippen LogP contribution in [0.1, 0.15) is 24.8 Å². The summed E-state index contributed by atoms with van der Waals surface area (Å²) in [5.74, 6) is 0. The molecule has 0 aliphatic rings. The van der Waals surface area contributed by atoms with Crippen LogP contribution in [0.25, 0.3) is 0 Å². The van der Waals surface area contributed by atoms with Crippen molar-refractivity contribution >= 4 is 22.1 Å². The smallest absolute Gasteiger partial charge is 0.0794 e. The average Bonchev–Trinajstić information content (AvgIpc) is 2.66. The van der Waals surface area contributed by atoms with Gasteiger partial charge in [0.15, 0.2) is 0 Å². The molecular formula is C9H16N2OS2. The van der Waals surface area contributed by atoms with Crippen molar-refractivity contribution < 1.29 is 4.21 Å². The van der Waals surface area contributed by atoms with E-state index in [4.69, 9.17) is 0 Å². The maximum Gasteiger partial charge on any atom is 0.0794 e. The van der Waals surface area contributed by atoms with Crippen LogP contribution in [0.4, 0.5) is 0 Å². The van der Waals surface area contributed by atoms with Gasteiger partial charge in [-0.2, -0.15) is 0 Å². The highest BCUT2D eigenvalue weighted by atomic mass is 32.2. The molecule has 0 fully saturated rings. The second kappa shape index (κ2) is 5.58. The topological polar surface area (TPSA) is 42.0 Å². The van der Waals surface area contributed by atoms with Gasteiger partial charge >= 0.3 is 0 Å². The summed E-state index contributed by atoms with van der Waals surface area (Å²) in [4.78, 5) is 5.25. The summed E-state index contributed by atoms with van der Waals surface area (Å²) in [7, 11) is -0.748. The minimum Gasteiger partial charge on any atom is -0.308 e. The van der Waals surface area contributed by atoms with E-state index in [2.05, 4.69) is 17.2 Å². The lowest BCUT2D eigenvalue weighted by Gasteiger charge is -2.14. The quantitative estimate of drug-likeness (QED) is 0.837. The molecule has 0 amide bonds. The van der Waals surface area contributed by atoms with Gasteiger partial charge in [-0.15, -0.1) is 11.3 Å². The van der Waals surface area contributed by atoms with Crippen molar-refractivity contribution in [1.82, 2.24) is 10.3 Å². The molecule has 1 heterocycles. The normalized spacial score (nSPS) is 17.6. The van der Waals surface area contributed by atoms with E-state index in [1.165, 1.54) is 4.88 Å². The minimum absolute atomic E-state index is 0.199. The summed E-state index contributed by atoms with van der Waals surface area (Å²) in [6.45, 7) is 4.86. The van der Waals surface area contributed by atoms with Crippen LogP contribution in [0, 0.1) is 0 Å². The molecule has 0 aliphatic carbocycles. The van der Waals surface area contributed by atoms with Crippen molar-refractivity contribution in [1.29, 1.82) is 0 Å². The maximum absolute atomic E-state index is 11.1. The fourth-order valence-electron chi connectivity index (χ4n) is 1.00. The molecule has 1 rings (SSSR count). The third-order valence-corrected chi connectivity index (χ3v) is 4.41. The molecule has 14 heavy (non-hydrogen) atoms. The first-order valence-corrected chi connectivity index (χ1v) is 7.05. The third kappa shape index (κ3) is 3.48. The number of thiazole rings is 1. The Bertz CT molecular complexity index is 287. The molecular weight excluding hydrogens is 216 g/mol. The Kier molecular flexibility index (Phi) is 4.71. The molecule has 3 atom stereocenters. The van der Waals surface area contributed by atoms with Crippen molar-refractivity contribution in [3.8, 4) is 0 Å². The molecule has 1 aromatic heterocycles. The van der Waals surface area contributed by atoms with E-state index < -0.39 is 10.8 Å². The van der Waals surface area contributed by atoms with Gasteiger partial charge in [-0.25, -0.2) is 0 Å². The van der Waals surface area contributed by atoms with Gasteiger partial charge < -0.3 is 5.32 Å². The average molecular weight is 232 g/mol. The largest absolute Gasteiger partial charge is 0.308 e. The molecule has 3 unspecified atom stereocenters. The summed E-state index contributed by atoms with van der Waals surface area (Å²) in [6, 6.07) is 0.300. The van der Waals surface area contributed by atoms with E-state index in [0.29, 0.717) is 6.04 Å². The molecule has 0 aromatic carbocycles. The fourth-order valence-corrected chi connectivity index (χ4v) is 1.98. The highest BCUT2D eigenvalue weighted by Gasteiger charge is 2.10. The van der Waals surface area contributed by atoms with Crippen molar-refractivity contribution in [2.24, 2.45) is 0 Å². The van der Waals surface area contributed by atoms with E-state index in [1.54, 1.807) is 17.6 Å². The molecule has 0 saturated carbocycles. The molecule has 0 bridgehead atoms. The monoisotopic (exact) mass is 232 g/mol. The standard InChI is InChI=1S/C9H16N2OS2/c1-7(14(3)12)4-11-8(2)9-5-10-6-13-9/h5-8,11H,4H2,1-3H3.